The van der Waals surface area contributed by atoms with Crippen molar-refractivity contribution in [2.24, 2.45) is 5.16 Å². The van der Waals surface area contributed by atoms with E-state index in [1.165, 1.54) is 30.5 Å². The number of nitrogens with zero attached hydrogens (tertiary/aromatic N) is 3. The van der Waals surface area contributed by atoms with Crippen LogP contribution in [0.25, 0.3) is 11.3 Å². The van der Waals surface area contributed by atoms with E-state index in [4.69, 9.17) is 4.84 Å². The molecule has 2 aromatic heterocycles. The van der Waals surface area contributed by atoms with Crippen LogP contribution in [0.2, 0.25) is 0 Å². The molecule has 0 saturated carbocycles. The number of alkyl halides is 3. The lowest BCUT2D eigenvalue weighted by Gasteiger charge is -2.11. The average Bonchev–Trinajstić information content (AvgIpc) is 3.26. The summed E-state index contributed by atoms with van der Waals surface area (Å²) in [7, 11) is 0. The number of carbonyl (C=O) groups excluding carboxylic acids is 2. The molecule has 4 rings (SSSR count). The summed E-state index contributed by atoms with van der Waals surface area (Å²) in [5.41, 5.74) is 1.98. The number of para-hydroxylation sites is 1. The Morgan fingerprint density at radius 2 is 2.00 bits per heavy atom. The van der Waals surface area contributed by atoms with Gasteiger partial charge < -0.3 is 19.9 Å². The molecular weight excluding hydrogens is 455 g/mol. The van der Waals surface area contributed by atoms with Crippen LogP contribution in [0.3, 0.4) is 0 Å². The third kappa shape index (κ3) is 4.73. The minimum absolute atomic E-state index is 0.0213. The zero-order valence-corrected chi connectivity index (χ0v) is 17.1. The maximum Gasteiger partial charge on any atom is 0.491 e. The standard InChI is InChI=1S/C22H14F3N5O4/c23-22(24,25)21(32)33-18-4-2-1-3-13(18)17(11-26)30-34-19-9-12(5-7-27-19)16-10-14-15(29-16)6-8-28-20(14)31/h1-5,7,9-10,29H,6,8H2,(H,28,31)/b30-17+. The highest BCUT2D eigenvalue weighted by Gasteiger charge is 2.41. The summed E-state index contributed by atoms with van der Waals surface area (Å²) in [4.78, 5) is 35.6. The van der Waals surface area contributed by atoms with Crippen molar-refractivity contribution in [2.45, 2.75) is 12.6 Å². The number of carbonyl (C=O) groups is 2. The first kappa shape index (κ1) is 22.5. The van der Waals surface area contributed by atoms with Crippen LogP contribution in [-0.4, -0.2) is 40.3 Å². The summed E-state index contributed by atoms with van der Waals surface area (Å²) in [5.74, 6) is -3.14. The van der Waals surface area contributed by atoms with E-state index in [-0.39, 0.29) is 17.4 Å². The Morgan fingerprint density at radius 3 is 2.74 bits per heavy atom. The first-order valence-corrected chi connectivity index (χ1v) is 9.76. The lowest BCUT2D eigenvalue weighted by molar-refractivity contribution is -0.189. The molecule has 12 heteroatoms. The fourth-order valence-corrected chi connectivity index (χ4v) is 3.21. The van der Waals surface area contributed by atoms with Crippen LogP contribution in [-0.2, 0) is 11.2 Å². The Kier molecular flexibility index (Phi) is 6.01. The lowest BCUT2D eigenvalue weighted by Crippen LogP contribution is -2.31. The SMILES string of the molecule is N#C/C(=N\Oc1cc(-c2cc3c([nH]2)CCNC3=O)ccn1)c1ccccc1OC(=O)C(F)(F)F. The predicted octanol–water partition coefficient (Wildman–Crippen LogP) is 3.14. The third-order valence-electron chi connectivity index (χ3n) is 4.76. The molecule has 1 aliphatic rings. The van der Waals surface area contributed by atoms with Crippen molar-refractivity contribution >= 4 is 17.6 Å². The molecule has 1 aromatic carbocycles. The number of halogens is 3. The van der Waals surface area contributed by atoms with Crippen molar-refractivity contribution in [3.05, 3.63) is 65.5 Å². The van der Waals surface area contributed by atoms with Crippen LogP contribution in [0.15, 0.2) is 53.8 Å². The Bertz CT molecular complexity index is 1340. The molecule has 1 amide bonds. The van der Waals surface area contributed by atoms with E-state index < -0.39 is 23.6 Å². The number of hydrogen-bond acceptors (Lipinski definition) is 7. The van der Waals surface area contributed by atoms with Crippen molar-refractivity contribution in [3.63, 3.8) is 0 Å². The fourth-order valence-electron chi connectivity index (χ4n) is 3.21. The molecule has 0 bridgehead atoms. The molecule has 34 heavy (non-hydrogen) atoms. The van der Waals surface area contributed by atoms with Gasteiger partial charge in [0, 0.05) is 42.2 Å². The molecule has 0 aliphatic carbocycles. The molecule has 0 atom stereocenters. The van der Waals surface area contributed by atoms with E-state index in [1.54, 1.807) is 18.2 Å². The number of fused-ring (bicyclic) bond motifs is 1. The zero-order chi connectivity index (χ0) is 24.3. The molecule has 172 valence electrons. The van der Waals surface area contributed by atoms with Gasteiger partial charge in [0.05, 0.1) is 11.1 Å². The number of amides is 1. The van der Waals surface area contributed by atoms with Gasteiger partial charge in [-0.1, -0.05) is 17.3 Å². The average molecular weight is 469 g/mol. The van der Waals surface area contributed by atoms with Crippen LogP contribution in [0.4, 0.5) is 13.2 Å². The first-order valence-electron chi connectivity index (χ1n) is 9.76. The Morgan fingerprint density at radius 1 is 1.21 bits per heavy atom. The van der Waals surface area contributed by atoms with Gasteiger partial charge in [-0.3, -0.25) is 4.79 Å². The number of nitriles is 1. The largest absolute Gasteiger partial charge is 0.491 e. The maximum absolute atomic E-state index is 12.6. The van der Waals surface area contributed by atoms with E-state index in [0.717, 1.165) is 11.8 Å². The summed E-state index contributed by atoms with van der Waals surface area (Å²) in [6.07, 6.45) is -3.13. The fraction of sp³-hybridized carbons (Fsp3) is 0.136. The van der Waals surface area contributed by atoms with Crippen molar-refractivity contribution in [1.29, 1.82) is 5.26 Å². The Labute approximate surface area is 189 Å². The number of hydrogen-bond donors (Lipinski definition) is 2. The van der Waals surface area contributed by atoms with Gasteiger partial charge in [-0.05, 0) is 24.3 Å². The first-order chi connectivity index (χ1) is 16.3. The molecule has 3 aromatic rings. The molecule has 3 heterocycles. The summed E-state index contributed by atoms with van der Waals surface area (Å²) >= 11 is 0. The number of pyridine rings is 1. The maximum atomic E-state index is 12.6. The van der Waals surface area contributed by atoms with E-state index in [9.17, 15) is 28.0 Å². The molecular formula is C22H14F3N5O4. The number of nitrogens with one attached hydrogen (secondary N) is 2. The van der Waals surface area contributed by atoms with Crippen molar-refractivity contribution < 1.29 is 32.3 Å². The monoisotopic (exact) mass is 469 g/mol. The van der Waals surface area contributed by atoms with Crippen LogP contribution < -0.4 is 14.9 Å². The number of aromatic nitrogens is 2. The Balaban J connectivity index is 1.58. The van der Waals surface area contributed by atoms with E-state index >= 15 is 0 Å². The quantitative estimate of drug-likeness (QED) is 0.256. The predicted molar refractivity (Wildman–Crippen MR) is 111 cm³/mol. The molecule has 0 saturated heterocycles. The smallest absolute Gasteiger partial charge is 0.419 e. The van der Waals surface area contributed by atoms with Gasteiger partial charge in [-0.25, -0.2) is 9.78 Å². The van der Waals surface area contributed by atoms with E-state index in [0.29, 0.717) is 29.8 Å². The highest BCUT2D eigenvalue weighted by atomic mass is 19.4. The van der Waals surface area contributed by atoms with Crippen LogP contribution in [0, 0.1) is 11.3 Å². The second-order valence-electron chi connectivity index (χ2n) is 6.99. The molecule has 2 N–H and O–H groups in total. The Hall–Kier alpha value is -4.66. The lowest BCUT2D eigenvalue weighted by atomic mass is 10.1. The minimum Gasteiger partial charge on any atom is -0.419 e. The zero-order valence-electron chi connectivity index (χ0n) is 17.1. The molecule has 0 spiro atoms. The van der Waals surface area contributed by atoms with E-state index in [2.05, 4.69) is 25.2 Å². The van der Waals surface area contributed by atoms with Gasteiger partial charge in [0.25, 0.3) is 5.91 Å². The number of H-pyrrole nitrogens is 1. The van der Waals surface area contributed by atoms with Crippen molar-refractivity contribution in [2.75, 3.05) is 6.54 Å². The second kappa shape index (κ2) is 9.07. The molecule has 0 radical (unpaired) electrons. The summed E-state index contributed by atoms with van der Waals surface area (Å²) in [5, 5.41) is 15.9. The van der Waals surface area contributed by atoms with Crippen molar-refractivity contribution in [1.82, 2.24) is 15.3 Å². The number of benzene rings is 1. The van der Waals surface area contributed by atoms with Crippen LogP contribution >= 0.6 is 0 Å². The normalized spacial score (nSPS) is 13.5. The number of oxime groups is 1. The third-order valence-corrected chi connectivity index (χ3v) is 4.76. The van der Waals surface area contributed by atoms with Gasteiger partial charge in [-0.2, -0.15) is 18.4 Å². The number of aromatic amines is 1. The van der Waals surface area contributed by atoms with Gasteiger partial charge in [-0.15, -0.1) is 0 Å². The molecule has 0 fully saturated rings. The molecule has 0 unspecified atom stereocenters. The molecule has 9 nitrogen and oxygen atoms in total. The van der Waals surface area contributed by atoms with Gasteiger partial charge >= 0.3 is 12.1 Å². The van der Waals surface area contributed by atoms with Gasteiger partial charge in [0.1, 0.15) is 11.8 Å². The minimum atomic E-state index is -5.21. The summed E-state index contributed by atoms with van der Waals surface area (Å²) < 4.78 is 42.1. The summed E-state index contributed by atoms with van der Waals surface area (Å²) in [6, 6.07) is 11.7. The highest BCUT2D eigenvalue weighted by Crippen LogP contribution is 2.27. The summed E-state index contributed by atoms with van der Waals surface area (Å²) in [6.45, 7) is 0.530. The van der Waals surface area contributed by atoms with Gasteiger partial charge in [0.15, 0.2) is 5.71 Å². The highest BCUT2D eigenvalue weighted by molar-refractivity contribution is 6.13. The van der Waals surface area contributed by atoms with Crippen LogP contribution in [0.5, 0.6) is 11.6 Å². The number of esters is 1. The second-order valence-corrected chi connectivity index (χ2v) is 6.99. The van der Waals surface area contributed by atoms with Crippen molar-refractivity contribution in [3.8, 4) is 29.0 Å². The number of ether oxygens (including phenoxy) is 1. The number of rotatable bonds is 5. The van der Waals surface area contributed by atoms with Crippen LogP contribution in [0.1, 0.15) is 21.6 Å². The van der Waals surface area contributed by atoms with E-state index in [1.807, 2.05) is 0 Å². The topological polar surface area (TPSA) is 129 Å². The van der Waals surface area contributed by atoms with Gasteiger partial charge in [0.2, 0.25) is 5.88 Å². The molecule has 1 aliphatic heterocycles.